The van der Waals surface area contributed by atoms with Gasteiger partial charge in [-0.25, -0.2) is 4.98 Å². The summed E-state index contributed by atoms with van der Waals surface area (Å²) in [6.45, 7) is 5.12. The van der Waals surface area contributed by atoms with Crippen molar-refractivity contribution in [3.8, 4) is 5.88 Å². The van der Waals surface area contributed by atoms with Crippen molar-refractivity contribution in [2.75, 3.05) is 11.9 Å². The predicted octanol–water partition coefficient (Wildman–Crippen LogP) is 3.45. The lowest BCUT2D eigenvalue weighted by atomic mass is 10.2. The Kier molecular flexibility index (Phi) is 4.58. The Bertz CT molecular complexity index is 560. The van der Waals surface area contributed by atoms with Gasteiger partial charge < -0.3 is 10.1 Å². The van der Waals surface area contributed by atoms with Crippen molar-refractivity contribution >= 4 is 17.5 Å². The number of rotatable bonds is 5. The minimum atomic E-state index is 0.433. The summed E-state index contributed by atoms with van der Waals surface area (Å²) in [6.07, 6.45) is 0. The average Bonchev–Trinajstić information content (AvgIpc) is 2.36. The van der Waals surface area contributed by atoms with E-state index in [4.69, 9.17) is 16.3 Å². The molecule has 4 nitrogen and oxygen atoms in total. The molecule has 0 saturated carbocycles. The number of aromatic nitrogens is 2. The molecule has 0 unspecified atom stereocenters. The zero-order chi connectivity index (χ0) is 13.7. The number of halogens is 1. The van der Waals surface area contributed by atoms with Gasteiger partial charge in [0.05, 0.1) is 0 Å². The number of hydrogen-bond donors (Lipinski definition) is 1. The molecule has 1 aromatic carbocycles. The van der Waals surface area contributed by atoms with Crippen LogP contribution in [0.4, 0.5) is 5.95 Å². The fourth-order valence-corrected chi connectivity index (χ4v) is 1.85. The van der Waals surface area contributed by atoms with Crippen LogP contribution in [-0.4, -0.2) is 16.5 Å². The highest BCUT2D eigenvalue weighted by Crippen LogP contribution is 2.15. The zero-order valence-electron chi connectivity index (χ0n) is 11.0. The topological polar surface area (TPSA) is 47.0 Å². The van der Waals surface area contributed by atoms with Crippen LogP contribution in [0.25, 0.3) is 0 Å². The lowest BCUT2D eigenvalue weighted by Gasteiger charge is -2.08. The summed E-state index contributed by atoms with van der Waals surface area (Å²) in [6, 6.07) is 9.39. The number of anilines is 1. The molecule has 1 N–H and O–H groups in total. The fraction of sp³-hybridized carbons (Fsp3) is 0.286. The number of nitrogens with zero attached hydrogens (tertiary/aromatic N) is 2. The maximum Gasteiger partial charge on any atom is 0.226 e. The molecule has 0 spiro atoms. The SMILES string of the molecule is CCNc1nc(C)cc(OCc2cccc(Cl)c2)n1. The summed E-state index contributed by atoms with van der Waals surface area (Å²) >= 11 is 5.93. The first-order chi connectivity index (χ1) is 9.17. The van der Waals surface area contributed by atoms with Gasteiger partial charge in [-0.15, -0.1) is 0 Å². The molecule has 0 radical (unpaired) electrons. The molecule has 1 heterocycles. The Hall–Kier alpha value is -1.81. The quantitative estimate of drug-likeness (QED) is 0.909. The third-order valence-corrected chi connectivity index (χ3v) is 2.68. The van der Waals surface area contributed by atoms with Gasteiger partial charge >= 0.3 is 0 Å². The van der Waals surface area contributed by atoms with Crippen molar-refractivity contribution in [1.82, 2.24) is 9.97 Å². The summed E-state index contributed by atoms with van der Waals surface area (Å²) < 4.78 is 5.67. The summed E-state index contributed by atoms with van der Waals surface area (Å²) in [4.78, 5) is 8.55. The molecular formula is C14H16ClN3O. The smallest absolute Gasteiger partial charge is 0.226 e. The van der Waals surface area contributed by atoms with Gasteiger partial charge in [0, 0.05) is 23.3 Å². The molecule has 5 heteroatoms. The molecule has 0 amide bonds. The average molecular weight is 278 g/mol. The first kappa shape index (κ1) is 13.6. The van der Waals surface area contributed by atoms with Gasteiger partial charge in [-0.05, 0) is 31.5 Å². The van der Waals surface area contributed by atoms with Crippen LogP contribution in [0.1, 0.15) is 18.2 Å². The van der Waals surface area contributed by atoms with Crippen LogP contribution in [0.2, 0.25) is 5.02 Å². The van der Waals surface area contributed by atoms with Crippen molar-refractivity contribution in [2.45, 2.75) is 20.5 Å². The lowest BCUT2D eigenvalue weighted by Crippen LogP contribution is -2.05. The molecule has 19 heavy (non-hydrogen) atoms. The molecule has 0 fully saturated rings. The zero-order valence-corrected chi connectivity index (χ0v) is 11.7. The molecule has 2 rings (SSSR count). The Morgan fingerprint density at radius 2 is 2.11 bits per heavy atom. The molecule has 0 aliphatic rings. The highest BCUT2D eigenvalue weighted by Gasteiger charge is 2.03. The van der Waals surface area contributed by atoms with Crippen LogP contribution in [0.5, 0.6) is 5.88 Å². The monoisotopic (exact) mass is 277 g/mol. The van der Waals surface area contributed by atoms with Crippen molar-refractivity contribution in [1.29, 1.82) is 0 Å². The minimum Gasteiger partial charge on any atom is -0.473 e. The van der Waals surface area contributed by atoms with Crippen molar-refractivity contribution < 1.29 is 4.74 Å². The normalized spacial score (nSPS) is 10.3. The van der Waals surface area contributed by atoms with E-state index < -0.39 is 0 Å². The van der Waals surface area contributed by atoms with Crippen LogP contribution in [-0.2, 0) is 6.61 Å². The summed E-state index contributed by atoms with van der Waals surface area (Å²) in [5.41, 5.74) is 1.88. The van der Waals surface area contributed by atoms with Crippen LogP contribution >= 0.6 is 11.6 Å². The number of hydrogen-bond acceptors (Lipinski definition) is 4. The summed E-state index contributed by atoms with van der Waals surface area (Å²) in [7, 11) is 0. The van der Waals surface area contributed by atoms with E-state index in [0.29, 0.717) is 23.5 Å². The van der Waals surface area contributed by atoms with Crippen molar-refractivity contribution in [2.24, 2.45) is 0 Å². The molecule has 0 atom stereocenters. The van der Waals surface area contributed by atoms with E-state index in [2.05, 4.69) is 15.3 Å². The first-order valence-electron chi connectivity index (χ1n) is 6.14. The molecular weight excluding hydrogens is 262 g/mol. The Labute approximate surface area is 117 Å². The molecule has 0 aliphatic carbocycles. The van der Waals surface area contributed by atoms with Crippen LogP contribution < -0.4 is 10.1 Å². The second-order valence-electron chi connectivity index (χ2n) is 4.12. The second kappa shape index (κ2) is 6.38. The summed E-state index contributed by atoms with van der Waals surface area (Å²) in [5.74, 6) is 1.15. The van der Waals surface area contributed by atoms with Gasteiger partial charge in [-0.1, -0.05) is 23.7 Å². The maximum absolute atomic E-state index is 5.93. The first-order valence-corrected chi connectivity index (χ1v) is 6.52. The number of ether oxygens (including phenoxy) is 1. The molecule has 100 valence electrons. The van der Waals surface area contributed by atoms with E-state index in [0.717, 1.165) is 17.8 Å². The third kappa shape index (κ3) is 4.10. The van der Waals surface area contributed by atoms with E-state index in [1.807, 2.05) is 44.2 Å². The number of benzene rings is 1. The molecule has 2 aromatic rings. The van der Waals surface area contributed by atoms with Crippen molar-refractivity contribution in [3.05, 3.63) is 46.6 Å². The van der Waals surface area contributed by atoms with Gasteiger partial charge in [0.25, 0.3) is 0 Å². The van der Waals surface area contributed by atoms with E-state index in [1.54, 1.807) is 0 Å². The van der Waals surface area contributed by atoms with Gasteiger partial charge in [0.1, 0.15) is 6.61 Å². The third-order valence-electron chi connectivity index (χ3n) is 2.44. The van der Waals surface area contributed by atoms with Gasteiger partial charge in [-0.3, -0.25) is 0 Å². The van der Waals surface area contributed by atoms with Crippen molar-refractivity contribution in [3.63, 3.8) is 0 Å². The van der Waals surface area contributed by atoms with E-state index >= 15 is 0 Å². The van der Waals surface area contributed by atoms with Crippen LogP contribution in [0, 0.1) is 6.92 Å². The Morgan fingerprint density at radius 3 is 2.84 bits per heavy atom. The lowest BCUT2D eigenvalue weighted by molar-refractivity contribution is 0.293. The second-order valence-corrected chi connectivity index (χ2v) is 4.56. The Balaban J connectivity index is 2.06. The maximum atomic E-state index is 5.93. The standard InChI is InChI=1S/C14H16ClN3O/c1-3-16-14-17-10(2)7-13(18-14)19-9-11-5-4-6-12(15)8-11/h4-8H,3,9H2,1-2H3,(H,16,17,18). The largest absolute Gasteiger partial charge is 0.473 e. The predicted molar refractivity (Wildman–Crippen MR) is 76.7 cm³/mol. The van der Waals surface area contributed by atoms with Crippen LogP contribution in [0.3, 0.4) is 0 Å². The van der Waals surface area contributed by atoms with Gasteiger partial charge in [0.2, 0.25) is 11.8 Å². The van der Waals surface area contributed by atoms with E-state index in [9.17, 15) is 0 Å². The minimum absolute atomic E-state index is 0.433. The number of nitrogens with one attached hydrogen (secondary N) is 1. The Morgan fingerprint density at radius 1 is 1.26 bits per heavy atom. The van der Waals surface area contributed by atoms with Crippen LogP contribution in [0.15, 0.2) is 30.3 Å². The molecule has 0 bridgehead atoms. The van der Waals surface area contributed by atoms with Gasteiger partial charge in [0.15, 0.2) is 0 Å². The molecule has 0 aliphatic heterocycles. The number of aryl methyl sites for hydroxylation is 1. The fourth-order valence-electron chi connectivity index (χ4n) is 1.63. The molecule has 0 saturated heterocycles. The van der Waals surface area contributed by atoms with Gasteiger partial charge in [-0.2, -0.15) is 4.98 Å². The highest BCUT2D eigenvalue weighted by molar-refractivity contribution is 6.30. The molecule has 1 aromatic heterocycles. The highest BCUT2D eigenvalue weighted by atomic mass is 35.5. The van der Waals surface area contributed by atoms with E-state index in [1.165, 1.54) is 0 Å². The van der Waals surface area contributed by atoms with E-state index in [-0.39, 0.29) is 0 Å². The summed E-state index contributed by atoms with van der Waals surface area (Å²) in [5, 5.41) is 3.77.